The summed E-state index contributed by atoms with van der Waals surface area (Å²) in [5.41, 5.74) is 1.97. The molecule has 0 radical (unpaired) electrons. The highest BCUT2D eigenvalue weighted by Gasteiger charge is 2.52. The number of aliphatic hydroxyl groups is 2. The Balaban J connectivity index is 1.24. The molecule has 10 heteroatoms. The van der Waals surface area contributed by atoms with Crippen molar-refractivity contribution in [3.63, 3.8) is 0 Å². The molecule has 2 aliphatic rings. The number of aliphatic hydroxyl groups excluding tert-OH is 1. The summed E-state index contributed by atoms with van der Waals surface area (Å²) in [6.45, 7) is 4.44. The summed E-state index contributed by atoms with van der Waals surface area (Å²) in [5, 5.41) is 35.2. The van der Waals surface area contributed by atoms with Crippen LogP contribution in [0, 0.1) is 11.8 Å². The lowest BCUT2D eigenvalue weighted by Gasteiger charge is -2.27. The molecular weight excluding hydrogens is 520 g/mol. The molecule has 0 saturated carbocycles. The van der Waals surface area contributed by atoms with Gasteiger partial charge in [-0.2, -0.15) is 0 Å². The Hall–Kier alpha value is -3.86. The van der Waals surface area contributed by atoms with Crippen LogP contribution in [0.2, 0.25) is 0 Å². The zero-order valence-corrected chi connectivity index (χ0v) is 23.4. The molecule has 2 aromatic carbocycles. The molecule has 1 aromatic heterocycles. The number of piperidine rings is 1. The predicted molar refractivity (Wildman–Crippen MR) is 156 cm³/mol. The summed E-state index contributed by atoms with van der Waals surface area (Å²) in [5.74, 6) is -0.826. The Morgan fingerprint density at radius 2 is 2.05 bits per heavy atom. The van der Waals surface area contributed by atoms with E-state index in [1.165, 1.54) is 0 Å². The molecule has 1 fully saturated rings. The van der Waals surface area contributed by atoms with Crippen LogP contribution in [0.4, 0.5) is 11.4 Å². The third-order valence-electron chi connectivity index (χ3n) is 7.97. The summed E-state index contributed by atoms with van der Waals surface area (Å²) < 4.78 is 1.72. The van der Waals surface area contributed by atoms with Gasteiger partial charge in [0.05, 0.1) is 23.8 Å². The quantitative estimate of drug-likeness (QED) is 0.266. The highest BCUT2D eigenvalue weighted by Crippen LogP contribution is 2.45. The Morgan fingerprint density at radius 3 is 2.80 bits per heavy atom. The fourth-order valence-corrected chi connectivity index (χ4v) is 5.58. The van der Waals surface area contributed by atoms with Gasteiger partial charge in [0.1, 0.15) is 0 Å². The Bertz CT molecular complexity index is 1380. The molecule has 1 saturated heterocycles. The standard InChI is InChI=1S/C31H38N6O4/c1-22(7-4-5-17-36-21-26(15-18-38)34-35-36)31(41)27-9-2-3-10-28(27)37(30(31)40)20-23-11-13-25(14-12-23)33-29(39)24-8-6-16-32-19-24/h2-4,7,9-14,21-22,24,32,38,41H,5-6,8,15-20H2,1H3,(H,33,39)/b7-4+/t22-,24?,31+/m0/s1. The van der Waals surface area contributed by atoms with Crippen LogP contribution >= 0.6 is 0 Å². The summed E-state index contributed by atoms with van der Waals surface area (Å²) in [4.78, 5) is 28.0. The van der Waals surface area contributed by atoms with Crippen LogP contribution in [0.15, 0.2) is 66.9 Å². The van der Waals surface area contributed by atoms with Crippen LogP contribution in [0.5, 0.6) is 0 Å². The number of amides is 2. The Labute approximate surface area is 240 Å². The second-order valence-electron chi connectivity index (χ2n) is 10.9. The van der Waals surface area contributed by atoms with Crippen molar-refractivity contribution in [2.24, 2.45) is 11.8 Å². The SMILES string of the molecule is C[C@@H](/C=C/CCn1cc(CCO)nn1)[C@]1(O)C(=O)N(Cc2ccc(NC(=O)C3CCCNC3)cc2)c2ccccc21. The van der Waals surface area contributed by atoms with Crippen molar-refractivity contribution in [3.05, 3.63) is 83.7 Å². The second kappa shape index (κ2) is 12.8. The van der Waals surface area contributed by atoms with E-state index in [1.807, 2.05) is 73.8 Å². The van der Waals surface area contributed by atoms with Gasteiger partial charge < -0.3 is 25.7 Å². The van der Waals surface area contributed by atoms with E-state index in [4.69, 9.17) is 5.11 Å². The van der Waals surface area contributed by atoms with Crippen molar-refractivity contribution >= 4 is 23.2 Å². The Morgan fingerprint density at radius 1 is 1.24 bits per heavy atom. The molecule has 5 rings (SSSR count). The fourth-order valence-electron chi connectivity index (χ4n) is 5.58. The number of nitrogens with one attached hydrogen (secondary N) is 2. The van der Waals surface area contributed by atoms with Crippen LogP contribution < -0.4 is 15.5 Å². The van der Waals surface area contributed by atoms with Crippen molar-refractivity contribution in [3.8, 4) is 0 Å². The number of allylic oxidation sites excluding steroid dienone is 1. The number of benzene rings is 2. The molecule has 2 amide bonds. The van der Waals surface area contributed by atoms with E-state index in [9.17, 15) is 14.7 Å². The summed E-state index contributed by atoms with van der Waals surface area (Å²) >= 11 is 0. The average Bonchev–Trinajstić information content (AvgIpc) is 3.53. The number of hydrogen-bond donors (Lipinski definition) is 4. The number of anilines is 2. The molecule has 0 aliphatic carbocycles. The van der Waals surface area contributed by atoms with Crippen LogP contribution in [0.1, 0.15) is 43.0 Å². The highest BCUT2D eigenvalue weighted by molar-refractivity contribution is 6.07. The van der Waals surface area contributed by atoms with Gasteiger partial charge in [-0.1, -0.05) is 54.6 Å². The molecule has 216 valence electrons. The third-order valence-corrected chi connectivity index (χ3v) is 7.97. The first-order valence-corrected chi connectivity index (χ1v) is 14.3. The van der Waals surface area contributed by atoms with E-state index in [2.05, 4.69) is 20.9 Å². The highest BCUT2D eigenvalue weighted by atomic mass is 16.3. The minimum absolute atomic E-state index is 0.0217. The number of carbonyl (C=O) groups is 2. The Kier molecular flexibility index (Phi) is 8.92. The number of fused-ring (bicyclic) bond motifs is 1. The van der Waals surface area contributed by atoms with Crippen molar-refractivity contribution in [2.45, 2.75) is 51.3 Å². The first kappa shape index (κ1) is 28.7. The van der Waals surface area contributed by atoms with Gasteiger partial charge in [0.25, 0.3) is 5.91 Å². The van der Waals surface area contributed by atoms with Crippen molar-refractivity contribution in [2.75, 3.05) is 29.9 Å². The predicted octanol–water partition coefficient (Wildman–Crippen LogP) is 2.77. The molecule has 3 atom stereocenters. The van der Waals surface area contributed by atoms with E-state index < -0.39 is 11.5 Å². The normalized spacial score (nSPS) is 21.3. The van der Waals surface area contributed by atoms with Crippen LogP contribution in [0.3, 0.4) is 0 Å². The van der Waals surface area contributed by atoms with E-state index in [0.717, 1.165) is 36.3 Å². The zero-order valence-electron chi connectivity index (χ0n) is 23.4. The maximum Gasteiger partial charge on any atom is 0.264 e. The summed E-state index contributed by atoms with van der Waals surface area (Å²) in [6.07, 6.45) is 8.65. The number of hydrogen-bond acceptors (Lipinski definition) is 7. The number of para-hydroxylation sites is 1. The third kappa shape index (κ3) is 6.24. The van der Waals surface area contributed by atoms with E-state index in [1.54, 1.807) is 9.58 Å². The van der Waals surface area contributed by atoms with Gasteiger partial charge in [0.2, 0.25) is 5.91 Å². The number of aryl methyl sites for hydroxylation is 1. The first-order chi connectivity index (χ1) is 19.9. The van der Waals surface area contributed by atoms with E-state index in [-0.39, 0.29) is 24.3 Å². The molecule has 10 nitrogen and oxygen atoms in total. The number of rotatable bonds is 11. The van der Waals surface area contributed by atoms with E-state index in [0.29, 0.717) is 43.7 Å². The number of nitrogens with zero attached hydrogens (tertiary/aromatic N) is 4. The minimum atomic E-state index is -1.68. The topological polar surface area (TPSA) is 133 Å². The molecule has 4 N–H and O–H groups in total. The lowest BCUT2D eigenvalue weighted by molar-refractivity contribution is -0.139. The molecule has 2 aliphatic heterocycles. The lowest BCUT2D eigenvalue weighted by atomic mass is 9.83. The van der Waals surface area contributed by atoms with Gasteiger partial charge in [-0.3, -0.25) is 14.3 Å². The number of aromatic nitrogens is 3. The summed E-state index contributed by atoms with van der Waals surface area (Å²) in [7, 11) is 0. The summed E-state index contributed by atoms with van der Waals surface area (Å²) in [6, 6.07) is 14.9. The fraction of sp³-hybridized carbons (Fsp3) is 0.419. The average molecular weight is 559 g/mol. The minimum Gasteiger partial charge on any atom is -0.396 e. The van der Waals surface area contributed by atoms with Crippen LogP contribution in [-0.2, 0) is 34.7 Å². The maximum atomic E-state index is 13.8. The molecular formula is C31H38N6O4. The number of carbonyl (C=O) groups excluding carboxylic acids is 2. The monoisotopic (exact) mass is 558 g/mol. The van der Waals surface area contributed by atoms with Gasteiger partial charge in [-0.15, -0.1) is 5.10 Å². The molecule has 41 heavy (non-hydrogen) atoms. The molecule has 0 spiro atoms. The van der Waals surface area contributed by atoms with Crippen molar-refractivity contribution in [1.29, 1.82) is 0 Å². The molecule has 0 bridgehead atoms. The van der Waals surface area contributed by atoms with Gasteiger partial charge in [0, 0.05) is 49.5 Å². The van der Waals surface area contributed by atoms with Crippen molar-refractivity contribution in [1.82, 2.24) is 20.3 Å². The largest absolute Gasteiger partial charge is 0.396 e. The molecule has 1 unspecified atom stereocenters. The van der Waals surface area contributed by atoms with Crippen molar-refractivity contribution < 1.29 is 19.8 Å². The van der Waals surface area contributed by atoms with Gasteiger partial charge in [0.15, 0.2) is 5.60 Å². The second-order valence-corrected chi connectivity index (χ2v) is 10.9. The smallest absolute Gasteiger partial charge is 0.264 e. The first-order valence-electron chi connectivity index (χ1n) is 14.3. The van der Waals surface area contributed by atoms with E-state index >= 15 is 0 Å². The molecule has 3 aromatic rings. The lowest BCUT2D eigenvalue weighted by Crippen LogP contribution is -2.44. The van der Waals surface area contributed by atoms with Gasteiger partial charge in [-0.05, 0) is 49.6 Å². The maximum absolute atomic E-state index is 13.8. The zero-order chi connectivity index (χ0) is 28.8. The van der Waals surface area contributed by atoms with Gasteiger partial charge in [-0.25, -0.2) is 0 Å². The van der Waals surface area contributed by atoms with Gasteiger partial charge >= 0.3 is 0 Å². The van der Waals surface area contributed by atoms with Crippen LogP contribution in [0.25, 0.3) is 0 Å². The molecule has 3 heterocycles. The van der Waals surface area contributed by atoms with Crippen LogP contribution in [-0.4, -0.2) is 56.7 Å².